The van der Waals surface area contributed by atoms with Crippen LogP contribution in [-0.2, 0) is 23.0 Å². The third-order valence-corrected chi connectivity index (χ3v) is 7.98. The molecule has 0 aliphatic carbocycles. The molecule has 4 aromatic rings. The van der Waals surface area contributed by atoms with Crippen LogP contribution in [0.1, 0.15) is 29.3 Å². The Balaban J connectivity index is 1.51. The van der Waals surface area contributed by atoms with E-state index in [1.54, 1.807) is 6.07 Å². The van der Waals surface area contributed by atoms with E-state index < -0.39 is 15.9 Å². The van der Waals surface area contributed by atoms with Gasteiger partial charge in [-0.25, -0.2) is 13.4 Å². The van der Waals surface area contributed by atoms with Gasteiger partial charge in [-0.3, -0.25) is 14.4 Å². The van der Waals surface area contributed by atoms with Crippen LogP contribution in [0, 0.1) is 0 Å². The van der Waals surface area contributed by atoms with E-state index in [0.29, 0.717) is 31.1 Å². The van der Waals surface area contributed by atoms with Crippen LogP contribution in [0.3, 0.4) is 0 Å². The molecular formula is C26H26N4O4S. The van der Waals surface area contributed by atoms with Crippen LogP contribution >= 0.6 is 0 Å². The van der Waals surface area contributed by atoms with Gasteiger partial charge in [0, 0.05) is 13.1 Å². The van der Waals surface area contributed by atoms with Crippen molar-refractivity contribution in [3.8, 4) is 5.75 Å². The Hall–Kier alpha value is -3.85. The zero-order valence-corrected chi connectivity index (χ0v) is 20.4. The fourth-order valence-electron chi connectivity index (χ4n) is 4.50. The number of hydrogen-bond donors (Lipinski definition) is 1. The Labute approximate surface area is 204 Å². The van der Waals surface area contributed by atoms with E-state index in [9.17, 15) is 13.2 Å². The fourth-order valence-corrected chi connectivity index (χ4v) is 6.03. The van der Waals surface area contributed by atoms with Crippen LogP contribution in [0.5, 0.6) is 5.75 Å². The van der Waals surface area contributed by atoms with Crippen molar-refractivity contribution in [1.29, 1.82) is 0 Å². The quantitative estimate of drug-likeness (QED) is 0.413. The number of rotatable bonds is 7. The predicted molar refractivity (Wildman–Crippen MR) is 136 cm³/mol. The second kappa shape index (κ2) is 9.07. The molecule has 8 nitrogen and oxygen atoms in total. The first-order valence-electron chi connectivity index (χ1n) is 11.5. The number of para-hydroxylation sites is 3. The van der Waals surface area contributed by atoms with Gasteiger partial charge in [0.2, 0.25) is 5.95 Å². The van der Waals surface area contributed by atoms with E-state index >= 15 is 0 Å². The monoisotopic (exact) mass is 490 g/mol. The molecule has 1 N–H and O–H groups in total. The van der Waals surface area contributed by atoms with Crippen LogP contribution < -0.4 is 14.4 Å². The van der Waals surface area contributed by atoms with E-state index in [1.807, 2.05) is 54.0 Å². The molecule has 35 heavy (non-hydrogen) atoms. The highest BCUT2D eigenvalue weighted by molar-refractivity contribution is 7.92. The van der Waals surface area contributed by atoms with Crippen molar-refractivity contribution >= 4 is 38.6 Å². The third-order valence-electron chi connectivity index (χ3n) is 6.18. The summed E-state index contributed by atoms with van der Waals surface area (Å²) in [4.78, 5) is 18.0. The van der Waals surface area contributed by atoms with E-state index in [0.717, 1.165) is 23.0 Å². The molecule has 9 heteroatoms. The van der Waals surface area contributed by atoms with E-state index in [-0.39, 0.29) is 16.2 Å². The van der Waals surface area contributed by atoms with Crippen molar-refractivity contribution in [2.75, 3.05) is 23.3 Å². The van der Waals surface area contributed by atoms with Gasteiger partial charge in [0.15, 0.2) is 0 Å². The van der Waals surface area contributed by atoms with Crippen LogP contribution in [-0.4, -0.2) is 37.5 Å². The molecule has 0 atom stereocenters. The van der Waals surface area contributed by atoms with E-state index in [1.165, 1.54) is 29.6 Å². The topological polar surface area (TPSA) is 93.5 Å². The molecule has 0 fully saturated rings. The zero-order valence-electron chi connectivity index (χ0n) is 19.6. The zero-order chi connectivity index (χ0) is 24.6. The average molecular weight is 491 g/mol. The maximum Gasteiger partial charge on any atom is 0.264 e. The molecule has 3 aromatic carbocycles. The highest BCUT2D eigenvalue weighted by Gasteiger charge is 2.31. The Morgan fingerprint density at radius 2 is 1.86 bits per heavy atom. The summed E-state index contributed by atoms with van der Waals surface area (Å²) in [5.74, 6) is 0.191. The highest BCUT2D eigenvalue weighted by atomic mass is 32.2. The van der Waals surface area contributed by atoms with Crippen molar-refractivity contribution in [1.82, 2.24) is 9.55 Å². The van der Waals surface area contributed by atoms with Gasteiger partial charge in [-0.2, -0.15) is 0 Å². The summed E-state index contributed by atoms with van der Waals surface area (Å²) in [5.41, 5.74) is 3.46. The van der Waals surface area contributed by atoms with Gasteiger partial charge in [0.1, 0.15) is 5.75 Å². The maximum atomic E-state index is 13.5. The lowest BCUT2D eigenvalue weighted by atomic mass is 10.2. The molecule has 0 radical (unpaired) electrons. The number of benzene rings is 3. The number of anilines is 2. The lowest BCUT2D eigenvalue weighted by molar-refractivity contribution is 0.102. The Kier molecular flexibility index (Phi) is 5.94. The summed E-state index contributed by atoms with van der Waals surface area (Å²) in [6.07, 6.45) is 1.50. The van der Waals surface area contributed by atoms with Crippen LogP contribution in [0.2, 0.25) is 0 Å². The molecule has 180 valence electrons. The number of sulfonamides is 1. The first-order chi connectivity index (χ1) is 16.9. The number of amides is 1. The van der Waals surface area contributed by atoms with Gasteiger partial charge >= 0.3 is 0 Å². The van der Waals surface area contributed by atoms with Gasteiger partial charge in [0.25, 0.3) is 15.9 Å². The van der Waals surface area contributed by atoms with Crippen molar-refractivity contribution in [3.05, 3.63) is 77.9 Å². The smallest absolute Gasteiger partial charge is 0.264 e. The van der Waals surface area contributed by atoms with Crippen molar-refractivity contribution < 1.29 is 17.9 Å². The van der Waals surface area contributed by atoms with Crippen LogP contribution in [0.25, 0.3) is 11.0 Å². The molecule has 1 amide bonds. The number of methoxy groups -OCH3 is 1. The first-order valence-corrected chi connectivity index (χ1v) is 12.9. The SMILES string of the molecule is CCCn1c(NC(=O)c2cc(S(=O)(=O)N3CCc4ccccc43)ccc2OC)nc2ccccc21. The summed E-state index contributed by atoms with van der Waals surface area (Å²) in [7, 11) is -2.42. The summed E-state index contributed by atoms with van der Waals surface area (Å²) < 4.78 is 35.8. The number of fused-ring (bicyclic) bond motifs is 2. The molecule has 0 saturated heterocycles. The predicted octanol–water partition coefficient (Wildman–Crippen LogP) is 4.46. The lowest BCUT2D eigenvalue weighted by Crippen LogP contribution is -2.29. The number of imidazole rings is 1. The van der Waals surface area contributed by atoms with Gasteiger partial charge < -0.3 is 9.30 Å². The molecular weight excluding hydrogens is 464 g/mol. The number of carbonyl (C=O) groups is 1. The molecule has 0 spiro atoms. The number of nitrogens with zero attached hydrogens (tertiary/aromatic N) is 3. The second-order valence-corrected chi connectivity index (χ2v) is 10.2. The standard InChI is InChI=1S/C26H26N4O4S/c1-3-15-29-23-11-7-5-9-21(23)27-26(29)28-25(31)20-17-19(12-13-24(20)34-2)35(32,33)30-16-14-18-8-4-6-10-22(18)30/h4-13,17H,3,14-16H2,1-2H3,(H,27,28,31). The molecule has 5 rings (SSSR count). The molecule has 0 bridgehead atoms. The third kappa shape index (κ3) is 4.01. The molecule has 1 aromatic heterocycles. The van der Waals surface area contributed by atoms with Gasteiger partial charge in [-0.1, -0.05) is 37.3 Å². The van der Waals surface area contributed by atoms with Crippen LogP contribution in [0.4, 0.5) is 11.6 Å². The minimum atomic E-state index is -3.87. The number of carbonyl (C=O) groups excluding carboxylic acids is 1. The average Bonchev–Trinajstić information content (AvgIpc) is 3.46. The molecule has 2 heterocycles. The number of aromatic nitrogens is 2. The highest BCUT2D eigenvalue weighted by Crippen LogP contribution is 2.34. The van der Waals surface area contributed by atoms with Crippen molar-refractivity contribution in [2.24, 2.45) is 0 Å². The first kappa shape index (κ1) is 22.9. The van der Waals surface area contributed by atoms with Crippen LogP contribution in [0.15, 0.2) is 71.6 Å². The summed E-state index contributed by atoms with van der Waals surface area (Å²) in [6.45, 7) is 3.08. The number of nitrogens with one attached hydrogen (secondary N) is 1. The summed E-state index contributed by atoms with van der Waals surface area (Å²) >= 11 is 0. The summed E-state index contributed by atoms with van der Waals surface area (Å²) in [5, 5.41) is 2.86. The molecule has 1 aliphatic rings. The Bertz CT molecular complexity index is 1530. The van der Waals surface area contributed by atoms with E-state index in [2.05, 4.69) is 10.3 Å². The van der Waals surface area contributed by atoms with Gasteiger partial charge in [0.05, 0.1) is 34.3 Å². The molecule has 1 aliphatic heterocycles. The van der Waals surface area contributed by atoms with Crippen molar-refractivity contribution in [2.45, 2.75) is 31.2 Å². The number of ether oxygens (including phenoxy) is 1. The summed E-state index contributed by atoms with van der Waals surface area (Å²) in [6, 6.07) is 19.5. The Morgan fingerprint density at radius 3 is 2.66 bits per heavy atom. The lowest BCUT2D eigenvalue weighted by Gasteiger charge is -2.20. The normalized spacial score (nSPS) is 13.1. The maximum absolute atomic E-state index is 13.5. The molecule has 0 unspecified atom stereocenters. The number of aryl methyl sites for hydroxylation is 1. The van der Waals surface area contributed by atoms with E-state index in [4.69, 9.17) is 4.74 Å². The minimum Gasteiger partial charge on any atom is -0.496 e. The van der Waals surface area contributed by atoms with Crippen molar-refractivity contribution in [3.63, 3.8) is 0 Å². The second-order valence-electron chi connectivity index (χ2n) is 8.35. The fraction of sp³-hybridized carbons (Fsp3) is 0.231. The van der Waals surface area contributed by atoms with Gasteiger partial charge in [-0.15, -0.1) is 0 Å². The van der Waals surface area contributed by atoms with Gasteiger partial charge in [-0.05, 0) is 54.8 Å². The largest absolute Gasteiger partial charge is 0.496 e. The Morgan fingerprint density at radius 1 is 1.09 bits per heavy atom. The number of hydrogen-bond acceptors (Lipinski definition) is 5. The molecule has 0 saturated carbocycles. The minimum absolute atomic E-state index is 0.0298.